The van der Waals surface area contributed by atoms with Gasteiger partial charge < -0.3 is 14.5 Å². The van der Waals surface area contributed by atoms with E-state index in [9.17, 15) is 9.18 Å². The third kappa shape index (κ3) is 4.41. The molecule has 2 aromatic carbocycles. The molecule has 1 amide bonds. The summed E-state index contributed by atoms with van der Waals surface area (Å²) in [6, 6.07) is 14.2. The quantitative estimate of drug-likeness (QED) is 0.791. The molecule has 0 radical (unpaired) electrons. The second kappa shape index (κ2) is 8.32. The third-order valence-electron chi connectivity index (χ3n) is 4.67. The highest BCUT2D eigenvalue weighted by molar-refractivity contribution is 5.94. The molecule has 1 fully saturated rings. The average Bonchev–Trinajstić information content (AvgIpc) is 3.14. The van der Waals surface area contributed by atoms with Crippen molar-refractivity contribution < 1.29 is 13.9 Å². The molecule has 0 spiro atoms. The summed E-state index contributed by atoms with van der Waals surface area (Å²) in [5.74, 6) is -0.784. The lowest BCUT2D eigenvalue weighted by molar-refractivity contribution is 0.0504. The van der Waals surface area contributed by atoms with E-state index < -0.39 is 5.82 Å². The van der Waals surface area contributed by atoms with E-state index in [4.69, 9.17) is 4.74 Å². The Morgan fingerprint density at radius 3 is 2.50 bits per heavy atom. The Balaban J connectivity index is 1.80. The van der Waals surface area contributed by atoms with E-state index in [0.717, 1.165) is 30.7 Å². The van der Waals surface area contributed by atoms with Crippen LogP contribution in [-0.4, -0.2) is 44.2 Å². The molecular weight excluding hydrogens is 331 g/mol. The smallest absolute Gasteiger partial charge is 0.257 e. The normalized spacial score (nSPS) is 16.5. The fraction of sp³-hybridized carbons (Fsp3) is 0.381. The first-order valence-corrected chi connectivity index (χ1v) is 8.96. The van der Waals surface area contributed by atoms with E-state index in [2.05, 4.69) is 0 Å². The molecule has 138 valence electrons. The number of anilines is 1. The number of rotatable bonds is 6. The van der Waals surface area contributed by atoms with Gasteiger partial charge in [0, 0.05) is 39.5 Å². The number of amides is 1. The molecule has 0 saturated carbocycles. The van der Waals surface area contributed by atoms with Crippen LogP contribution in [0.5, 0.6) is 0 Å². The molecule has 0 bridgehead atoms. The number of ether oxygens (including phenoxy) is 1. The first kappa shape index (κ1) is 18.4. The van der Waals surface area contributed by atoms with Gasteiger partial charge in [0.2, 0.25) is 0 Å². The second-order valence-corrected chi connectivity index (χ2v) is 6.86. The van der Waals surface area contributed by atoms with Crippen molar-refractivity contribution in [1.82, 2.24) is 4.90 Å². The summed E-state index contributed by atoms with van der Waals surface area (Å²) < 4.78 is 19.8. The van der Waals surface area contributed by atoms with E-state index in [1.54, 1.807) is 17.0 Å². The Labute approximate surface area is 154 Å². The van der Waals surface area contributed by atoms with E-state index >= 15 is 0 Å². The molecular formula is C21H25FN2O2. The van der Waals surface area contributed by atoms with E-state index in [0.29, 0.717) is 13.1 Å². The number of hydrogen-bond acceptors (Lipinski definition) is 3. The molecule has 0 aliphatic carbocycles. The van der Waals surface area contributed by atoms with Gasteiger partial charge in [-0.2, -0.15) is 0 Å². The zero-order chi connectivity index (χ0) is 18.5. The van der Waals surface area contributed by atoms with Crippen LogP contribution in [0.25, 0.3) is 0 Å². The number of carbonyl (C=O) groups excluding carboxylic acids is 1. The summed E-state index contributed by atoms with van der Waals surface area (Å²) in [6.45, 7) is 1.63. The molecule has 0 N–H and O–H groups in total. The van der Waals surface area contributed by atoms with E-state index in [1.807, 2.05) is 43.3 Å². The monoisotopic (exact) mass is 356 g/mol. The zero-order valence-electron chi connectivity index (χ0n) is 15.3. The number of benzene rings is 2. The van der Waals surface area contributed by atoms with Crippen LogP contribution in [0.15, 0.2) is 48.5 Å². The van der Waals surface area contributed by atoms with Gasteiger partial charge in [-0.05, 0) is 42.7 Å². The molecule has 2 aromatic rings. The molecule has 26 heavy (non-hydrogen) atoms. The van der Waals surface area contributed by atoms with Crippen LogP contribution < -0.4 is 4.90 Å². The van der Waals surface area contributed by atoms with Crippen LogP contribution >= 0.6 is 0 Å². The van der Waals surface area contributed by atoms with Gasteiger partial charge in [0.15, 0.2) is 0 Å². The second-order valence-electron chi connectivity index (χ2n) is 6.86. The lowest BCUT2D eigenvalue weighted by atomic mass is 10.1. The van der Waals surface area contributed by atoms with Crippen molar-refractivity contribution >= 4 is 11.6 Å². The van der Waals surface area contributed by atoms with Crippen LogP contribution in [0.1, 0.15) is 28.8 Å². The maximum absolute atomic E-state index is 14.1. The standard InChI is InChI=1S/C21H25FN2O2/c1-23(2)17-11-9-16(10-12-17)14-24(15-18-6-5-13-26-18)21(25)19-7-3-4-8-20(19)22/h3-4,7-12,18H,5-6,13-15H2,1-2H3. The number of carbonyl (C=O) groups is 1. The van der Waals surface area contributed by atoms with Gasteiger partial charge in [0.1, 0.15) is 5.82 Å². The molecule has 1 heterocycles. The van der Waals surface area contributed by atoms with Gasteiger partial charge in [-0.3, -0.25) is 4.79 Å². The van der Waals surface area contributed by atoms with Gasteiger partial charge in [-0.25, -0.2) is 4.39 Å². The largest absolute Gasteiger partial charge is 0.378 e. The maximum Gasteiger partial charge on any atom is 0.257 e. The van der Waals surface area contributed by atoms with Gasteiger partial charge in [0.25, 0.3) is 5.91 Å². The lowest BCUT2D eigenvalue weighted by Gasteiger charge is -2.26. The first-order chi connectivity index (χ1) is 12.5. The fourth-order valence-corrected chi connectivity index (χ4v) is 3.18. The molecule has 1 aliphatic rings. The Hall–Kier alpha value is -2.40. The van der Waals surface area contributed by atoms with Crippen molar-refractivity contribution in [3.63, 3.8) is 0 Å². The number of halogens is 1. The van der Waals surface area contributed by atoms with E-state index in [-0.39, 0.29) is 17.6 Å². The topological polar surface area (TPSA) is 32.8 Å². The Bertz CT molecular complexity index is 740. The number of hydrogen-bond donors (Lipinski definition) is 0. The molecule has 1 aliphatic heterocycles. The SMILES string of the molecule is CN(C)c1ccc(CN(CC2CCCO2)C(=O)c2ccccc2F)cc1. The van der Waals surface area contributed by atoms with Crippen molar-refractivity contribution in [3.05, 3.63) is 65.5 Å². The summed E-state index contributed by atoms with van der Waals surface area (Å²) in [5, 5.41) is 0. The molecule has 1 saturated heterocycles. The van der Waals surface area contributed by atoms with Crippen molar-refractivity contribution in [2.24, 2.45) is 0 Å². The highest BCUT2D eigenvalue weighted by atomic mass is 19.1. The maximum atomic E-state index is 14.1. The third-order valence-corrected chi connectivity index (χ3v) is 4.67. The summed E-state index contributed by atoms with van der Waals surface area (Å²) in [6.07, 6.45) is 1.96. The van der Waals surface area contributed by atoms with Gasteiger partial charge in [-0.1, -0.05) is 24.3 Å². The molecule has 4 nitrogen and oxygen atoms in total. The van der Waals surface area contributed by atoms with Gasteiger partial charge >= 0.3 is 0 Å². The summed E-state index contributed by atoms with van der Waals surface area (Å²) >= 11 is 0. The van der Waals surface area contributed by atoms with Crippen molar-refractivity contribution in [1.29, 1.82) is 0 Å². The Morgan fingerprint density at radius 2 is 1.88 bits per heavy atom. The molecule has 0 aromatic heterocycles. The van der Waals surface area contributed by atoms with Gasteiger partial charge in [-0.15, -0.1) is 0 Å². The summed E-state index contributed by atoms with van der Waals surface area (Å²) in [5.41, 5.74) is 2.22. The highest BCUT2D eigenvalue weighted by Crippen LogP contribution is 2.20. The van der Waals surface area contributed by atoms with E-state index in [1.165, 1.54) is 12.1 Å². The first-order valence-electron chi connectivity index (χ1n) is 8.96. The lowest BCUT2D eigenvalue weighted by Crippen LogP contribution is -2.37. The predicted octanol–water partition coefficient (Wildman–Crippen LogP) is 3.71. The molecule has 1 unspecified atom stereocenters. The summed E-state index contributed by atoms with van der Waals surface area (Å²) in [4.78, 5) is 16.7. The van der Waals surface area contributed by atoms with Crippen LogP contribution in [0, 0.1) is 5.82 Å². The van der Waals surface area contributed by atoms with Crippen LogP contribution in [0.2, 0.25) is 0 Å². The Morgan fingerprint density at radius 1 is 1.15 bits per heavy atom. The molecule has 3 rings (SSSR count). The Kier molecular flexibility index (Phi) is 5.89. The highest BCUT2D eigenvalue weighted by Gasteiger charge is 2.25. The van der Waals surface area contributed by atoms with Crippen LogP contribution in [0.4, 0.5) is 10.1 Å². The fourth-order valence-electron chi connectivity index (χ4n) is 3.18. The predicted molar refractivity (Wildman–Crippen MR) is 101 cm³/mol. The minimum absolute atomic E-state index is 0.0202. The zero-order valence-corrected chi connectivity index (χ0v) is 15.3. The summed E-state index contributed by atoms with van der Waals surface area (Å²) in [7, 11) is 3.97. The minimum atomic E-state index is -0.488. The van der Waals surface area contributed by atoms with Crippen LogP contribution in [-0.2, 0) is 11.3 Å². The van der Waals surface area contributed by atoms with Gasteiger partial charge in [0.05, 0.1) is 11.7 Å². The molecule has 5 heteroatoms. The van der Waals surface area contributed by atoms with Crippen molar-refractivity contribution in [3.8, 4) is 0 Å². The average molecular weight is 356 g/mol. The van der Waals surface area contributed by atoms with Crippen molar-refractivity contribution in [2.75, 3.05) is 32.1 Å². The van der Waals surface area contributed by atoms with Crippen LogP contribution in [0.3, 0.4) is 0 Å². The minimum Gasteiger partial charge on any atom is -0.378 e. The number of nitrogens with zero attached hydrogens (tertiary/aromatic N) is 2. The molecule has 1 atom stereocenters. The van der Waals surface area contributed by atoms with Crippen molar-refractivity contribution in [2.45, 2.75) is 25.5 Å².